The zero-order valence-corrected chi connectivity index (χ0v) is 12.5. The number of nitrogens with zero attached hydrogens (tertiary/aromatic N) is 2. The molecule has 1 aromatic carbocycles. The van der Waals surface area contributed by atoms with Gasteiger partial charge < -0.3 is 9.73 Å². The van der Waals surface area contributed by atoms with E-state index in [1.54, 1.807) is 12.1 Å². The molecule has 0 spiro atoms. The quantitative estimate of drug-likeness (QED) is 0.694. The van der Waals surface area contributed by atoms with Crippen molar-refractivity contribution >= 4 is 5.69 Å². The summed E-state index contributed by atoms with van der Waals surface area (Å²) in [5, 5.41) is 14.1. The van der Waals surface area contributed by atoms with Crippen molar-refractivity contribution in [1.82, 2.24) is 10.2 Å². The first-order chi connectivity index (χ1) is 10.6. The lowest BCUT2D eigenvalue weighted by Crippen LogP contribution is -2.48. The number of hydrogen-bond donors (Lipinski definition) is 1. The van der Waals surface area contributed by atoms with Crippen molar-refractivity contribution in [3.05, 3.63) is 52.3 Å². The zero-order chi connectivity index (χ0) is 15.5. The molecule has 1 saturated heterocycles. The molecule has 1 aliphatic rings. The van der Waals surface area contributed by atoms with Gasteiger partial charge in [0.1, 0.15) is 11.5 Å². The van der Waals surface area contributed by atoms with E-state index < -0.39 is 4.92 Å². The van der Waals surface area contributed by atoms with Gasteiger partial charge in [-0.25, -0.2) is 0 Å². The van der Waals surface area contributed by atoms with Crippen LogP contribution in [-0.2, 0) is 6.54 Å². The maximum Gasteiger partial charge on any atom is 0.269 e. The van der Waals surface area contributed by atoms with E-state index in [2.05, 4.69) is 17.1 Å². The highest BCUT2D eigenvalue weighted by Crippen LogP contribution is 2.25. The van der Waals surface area contributed by atoms with E-state index in [9.17, 15) is 10.1 Å². The molecule has 3 rings (SSSR count). The highest BCUT2D eigenvalue weighted by atomic mass is 16.6. The first-order valence-corrected chi connectivity index (χ1v) is 7.41. The molecular weight excluding hydrogens is 282 g/mol. The number of benzene rings is 1. The average molecular weight is 301 g/mol. The lowest BCUT2D eigenvalue weighted by atomic mass is 10.1. The van der Waals surface area contributed by atoms with E-state index >= 15 is 0 Å². The van der Waals surface area contributed by atoms with Crippen LogP contribution < -0.4 is 5.32 Å². The van der Waals surface area contributed by atoms with Gasteiger partial charge in [0, 0.05) is 43.4 Å². The van der Waals surface area contributed by atoms with E-state index in [4.69, 9.17) is 4.42 Å². The second-order valence-electron chi connectivity index (χ2n) is 5.66. The Bertz CT molecular complexity index is 651. The fraction of sp³-hybridized carbons (Fsp3) is 0.375. The highest BCUT2D eigenvalue weighted by Gasteiger charge is 2.17. The number of nitro groups is 1. The van der Waals surface area contributed by atoms with Crippen LogP contribution in [-0.4, -0.2) is 35.5 Å². The summed E-state index contributed by atoms with van der Waals surface area (Å²) in [6.07, 6.45) is 0. The smallest absolute Gasteiger partial charge is 0.269 e. The van der Waals surface area contributed by atoms with Crippen LogP contribution in [0.15, 0.2) is 40.8 Å². The van der Waals surface area contributed by atoms with E-state index in [-0.39, 0.29) is 5.69 Å². The van der Waals surface area contributed by atoms with Gasteiger partial charge in [-0.15, -0.1) is 0 Å². The summed E-state index contributed by atoms with van der Waals surface area (Å²) in [4.78, 5) is 12.6. The van der Waals surface area contributed by atoms with Crippen LogP contribution in [0.1, 0.15) is 12.7 Å². The Balaban J connectivity index is 1.69. The number of furan rings is 1. The van der Waals surface area contributed by atoms with Crippen molar-refractivity contribution in [3.8, 4) is 11.3 Å². The van der Waals surface area contributed by atoms with Gasteiger partial charge >= 0.3 is 0 Å². The van der Waals surface area contributed by atoms with Gasteiger partial charge in [0.2, 0.25) is 0 Å². The molecule has 116 valence electrons. The van der Waals surface area contributed by atoms with Crippen molar-refractivity contribution in [2.24, 2.45) is 0 Å². The topological polar surface area (TPSA) is 71.5 Å². The molecule has 0 aliphatic carbocycles. The molecule has 0 saturated carbocycles. The molecule has 2 heterocycles. The molecule has 1 aromatic heterocycles. The van der Waals surface area contributed by atoms with Gasteiger partial charge in [0.05, 0.1) is 11.5 Å². The van der Waals surface area contributed by atoms with Crippen LogP contribution in [0.25, 0.3) is 11.3 Å². The molecule has 0 bridgehead atoms. The van der Waals surface area contributed by atoms with Gasteiger partial charge in [-0.05, 0) is 31.2 Å². The molecule has 6 heteroatoms. The first-order valence-electron chi connectivity index (χ1n) is 7.41. The van der Waals surface area contributed by atoms with Crippen LogP contribution >= 0.6 is 0 Å². The van der Waals surface area contributed by atoms with E-state index in [0.717, 1.165) is 43.3 Å². The summed E-state index contributed by atoms with van der Waals surface area (Å²) in [6.45, 7) is 5.98. The minimum atomic E-state index is -0.400. The fourth-order valence-electron chi connectivity index (χ4n) is 2.74. The van der Waals surface area contributed by atoms with Crippen LogP contribution in [0.4, 0.5) is 5.69 Å². The summed E-state index contributed by atoms with van der Waals surface area (Å²) >= 11 is 0. The van der Waals surface area contributed by atoms with Crippen LogP contribution in [0, 0.1) is 10.1 Å². The molecule has 1 atom stereocenters. The van der Waals surface area contributed by atoms with Crippen molar-refractivity contribution in [2.75, 3.05) is 19.6 Å². The minimum Gasteiger partial charge on any atom is -0.460 e. The predicted octanol–water partition coefficient (Wildman–Crippen LogP) is 2.65. The number of hydrogen-bond acceptors (Lipinski definition) is 5. The molecule has 0 unspecified atom stereocenters. The summed E-state index contributed by atoms with van der Waals surface area (Å²) in [6, 6.07) is 10.8. The van der Waals surface area contributed by atoms with Gasteiger partial charge in [0.25, 0.3) is 5.69 Å². The van der Waals surface area contributed by atoms with E-state index in [0.29, 0.717) is 6.04 Å². The summed E-state index contributed by atoms with van der Waals surface area (Å²) in [5.74, 6) is 1.66. The first kappa shape index (κ1) is 14.7. The van der Waals surface area contributed by atoms with Gasteiger partial charge in [0.15, 0.2) is 0 Å². The Hall–Kier alpha value is -2.18. The van der Waals surface area contributed by atoms with Crippen LogP contribution in [0.5, 0.6) is 0 Å². The van der Waals surface area contributed by atoms with E-state index in [1.165, 1.54) is 12.1 Å². The maximum absolute atomic E-state index is 10.7. The number of rotatable bonds is 4. The summed E-state index contributed by atoms with van der Waals surface area (Å²) in [5.41, 5.74) is 0.941. The zero-order valence-electron chi connectivity index (χ0n) is 12.5. The van der Waals surface area contributed by atoms with Gasteiger partial charge in [-0.3, -0.25) is 15.0 Å². The fourth-order valence-corrected chi connectivity index (χ4v) is 2.74. The Morgan fingerprint density at radius 3 is 2.77 bits per heavy atom. The molecule has 1 fully saturated rings. The Kier molecular flexibility index (Phi) is 4.22. The van der Waals surface area contributed by atoms with Crippen molar-refractivity contribution in [3.63, 3.8) is 0 Å². The van der Waals surface area contributed by atoms with Crippen molar-refractivity contribution in [1.29, 1.82) is 0 Å². The Morgan fingerprint density at radius 2 is 2.09 bits per heavy atom. The molecule has 0 radical (unpaired) electrons. The lowest BCUT2D eigenvalue weighted by Gasteiger charge is -2.31. The third-order valence-corrected chi connectivity index (χ3v) is 3.86. The van der Waals surface area contributed by atoms with Gasteiger partial charge in [-0.1, -0.05) is 0 Å². The maximum atomic E-state index is 10.7. The van der Waals surface area contributed by atoms with E-state index in [1.807, 2.05) is 12.1 Å². The standard InChI is InChI=1S/C16H19N3O3/c1-12-10-18(9-8-17-12)11-15-6-7-16(22-15)13-2-4-14(5-3-13)19(20)21/h2-7,12,17H,8-11H2,1H3/t12-/m0/s1. The SMILES string of the molecule is C[C@H]1CN(Cc2ccc(-c3ccc([N+](=O)[O-])cc3)o2)CCN1. The lowest BCUT2D eigenvalue weighted by molar-refractivity contribution is -0.384. The molecule has 22 heavy (non-hydrogen) atoms. The third kappa shape index (κ3) is 3.35. The monoisotopic (exact) mass is 301 g/mol. The van der Waals surface area contributed by atoms with Gasteiger partial charge in [-0.2, -0.15) is 0 Å². The number of piperazine rings is 1. The van der Waals surface area contributed by atoms with Crippen molar-refractivity contribution in [2.45, 2.75) is 19.5 Å². The van der Waals surface area contributed by atoms with Crippen molar-refractivity contribution < 1.29 is 9.34 Å². The highest BCUT2D eigenvalue weighted by molar-refractivity contribution is 5.59. The average Bonchev–Trinajstić information content (AvgIpc) is 2.96. The molecule has 0 amide bonds. The largest absolute Gasteiger partial charge is 0.460 e. The molecule has 1 N–H and O–H groups in total. The third-order valence-electron chi connectivity index (χ3n) is 3.86. The minimum absolute atomic E-state index is 0.0883. The second kappa shape index (κ2) is 6.29. The predicted molar refractivity (Wildman–Crippen MR) is 83.5 cm³/mol. The molecule has 1 aliphatic heterocycles. The molecular formula is C16H19N3O3. The second-order valence-corrected chi connectivity index (χ2v) is 5.66. The number of nitro benzene ring substituents is 1. The van der Waals surface area contributed by atoms with Crippen LogP contribution in [0.2, 0.25) is 0 Å². The summed E-state index contributed by atoms with van der Waals surface area (Å²) in [7, 11) is 0. The number of non-ortho nitro benzene ring substituents is 1. The van der Waals surface area contributed by atoms with Crippen LogP contribution in [0.3, 0.4) is 0 Å². The Labute approximate surface area is 128 Å². The molecule has 6 nitrogen and oxygen atoms in total. The molecule has 2 aromatic rings. The summed E-state index contributed by atoms with van der Waals surface area (Å²) < 4.78 is 5.88. The Morgan fingerprint density at radius 1 is 1.32 bits per heavy atom. The number of nitrogens with one attached hydrogen (secondary N) is 1. The normalized spacial score (nSPS) is 19.2.